The van der Waals surface area contributed by atoms with Crippen LogP contribution in [0.4, 0.5) is 0 Å². The van der Waals surface area contributed by atoms with Crippen LogP contribution >= 0.6 is 0 Å². The highest BCUT2D eigenvalue weighted by Crippen LogP contribution is 2.16. The molecule has 0 spiro atoms. The number of rotatable bonds is 55. The number of unbranched alkanes of at least 4 members (excludes halogenated alkanes) is 25. The molecule has 1 unspecified atom stereocenters. The number of ether oxygens (including phenoxy) is 2. The van der Waals surface area contributed by atoms with Gasteiger partial charge < -0.3 is 14.6 Å². The maximum Gasteiger partial charge on any atom is 0.306 e. The number of aliphatic hydroxyl groups excluding tert-OH is 1. The summed E-state index contributed by atoms with van der Waals surface area (Å²) in [6.45, 7) is 3.91. The van der Waals surface area contributed by atoms with E-state index in [-0.39, 0.29) is 25.2 Å². The van der Waals surface area contributed by atoms with Crippen molar-refractivity contribution >= 4 is 11.9 Å². The summed E-state index contributed by atoms with van der Waals surface area (Å²) in [6.07, 6.45) is 94.4. The van der Waals surface area contributed by atoms with Crippen molar-refractivity contribution < 1.29 is 24.2 Å². The van der Waals surface area contributed by atoms with Crippen LogP contribution in [0.2, 0.25) is 0 Å². The van der Waals surface area contributed by atoms with Gasteiger partial charge in [-0.2, -0.15) is 0 Å². The fraction of sp³-hybridized carbons (Fsp3) is 0.652. The van der Waals surface area contributed by atoms with Gasteiger partial charge in [0.2, 0.25) is 0 Å². The molecule has 5 heteroatoms. The van der Waals surface area contributed by atoms with E-state index < -0.39 is 6.10 Å². The Kier molecular flexibility index (Phi) is 59.9. The van der Waals surface area contributed by atoms with Crippen LogP contribution in [-0.4, -0.2) is 36.4 Å². The van der Waals surface area contributed by atoms with Gasteiger partial charge in [0, 0.05) is 12.8 Å². The lowest BCUT2D eigenvalue weighted by Gasteiger charge is -2.15. The molecule has 420 valence electrons. The second-order valence-corrected chi connectivity index (χ2v) is 20.0. The Labute approximate surface area is 457 Å². The van der Waals surface area contributed by atoms with Crippen molar-refractivity contribution in [3.63, 3.8) is 0 Å². The quantitative estimate of drug-likeness (QED) is 0.0373. The maximum atomic E-state index is 12.3. The molecule has 0 saturated carbocycles. The first-order valence-electron chi connectivity index (χ1n) is 30.7. The van der Waals surface area contributed by atoms with Crippen LogP contribution in [0.25, 0.3) is 0 Å². The summed E-state index contributed by atoms with van der Waals surface area (Å²) in [6, 6.07) is 0. The second kappa shape index (κ2) is 63.3. The van der Waals surface area contributed by atoms with E-state index >= 15 is 0 Å². The number of hydrogen-bond acceptors (Lipinski definition) is 5. The number of carbonyl (C=O) groups excluding carboxylic acids is 2. The molecule has 0 amide bonds. The van der Waals surface area contributed by atoms with E-state index in [9.17, 15) is 14.7 Å². The van der Waals surface area contributed by atoms with E-state index in [0.29, 0.717) is 12.8 Å². The molecule has 0 aromatic heterocycles. The number of esters is 2. The smallest absolute Gasteiger partial charge is 0.306 e. The van der Waals surface area contributed by atoms with Gasteiger partial charge in [-0.15, -0.1) is 0 Å². The third kappa shape index (κ3) is 60.6. The molecule has 1 N–H and O–H groups in total. The van der Waals surface area contributed by atoms with Gasteiger partial charge in [0.05, 0.1) is 6.61 Å². The molecule has 0 aliphatic carbocycles. The van der Waals surface area contributed by atoms with Crippen molar-refractivity contribution in [3.8, 4) is 0 Å². The Morgan fingerprint density at radius 1 is 0.311 bits per heavy atom. The zero-order chi connectivity index (χ0) is 53.4. The topological polar surface area (TPSA) is 72.8 Å². The number of allylic oxidation sites excluding steroid dienone is 22. The third-order valence-corrected chi connectivity index (χ3v) is 12.9. The predicted molar refractivity (Wildman–Crippen MR) is 324 cm³/mol. The number of aliphatic hydroxyl groups is 1. The molecule has 74 heavy (non-hydrogen) atoms. The van der Waals surface area contributed by atoms with E-state index in [4.69, 9.17) is 9.47 Å². The van der Waals surface area contributed by atoms with Crippen LogP contribution in [0.1, 0.15) is 271 Å². The Bertz CT molecular complexity index is 1530. The summed E-state index contributed by atoms with van der Waals surface area (Å²) in [5, 5.41) is 9.67. The highest BCUT2D eigenvalue weighted by atomic mass is 16.6. The first kappa shape index (κ1) is 70.0. The Morgan fingerprint density at radius 2 is 0.541 bits per heavy atom. The lowest BCUT2D eigenvalue weighted by molar-refractivity contribution is -0.161. The zero-order valence-corrected chi connectivity index (χ0v) is 48.1. The second-order valence-electron chi connectivity index (χ2n) is 20.0. The third-order valence-electron chi connectivity index (χ3n) is 12.9. The molecule has 0 fully saturated rings. The fourth-order valence-corrected chi connectivity index (χ4v) is 8.41. The predicted octanol–water partition coefficient (Wildman–Crippen LogP) is 21.2. The minimum absolute atomic E-state index is 0.0794. The normalized spacial score (nSPS) is 13.2. The van der Waals surface area contributed by atoms with Gasteiger partial charge in [-0.1, -0.05) is 282 Å². The molecule has 0 heterocycles. The van der Waals surface area contributed by atoms with Crippen molar-refractivity contribution in [2.45, 2.75) is 277 Å². The molecule has 0 aliphatic rings. The van der Waals surface area contributed by atoms with Crippen LogP contribution in [0.15, 0.2) is 134 Å². The van der Waals surface area contributed by atoms with Crippen LogP contribution in [0.3, 0.4) is 0 Å². The van der Waals surface area contributed by atoms with Crippen LogP contribution < -0.4 is 0 Å². The van der Waals surface area contributed by atoms with Gasteiger partial charge in [-0.25, -0.2) is 0 Å². The van der Waals surface area contributed by atoms with E-state index in [1.807, 2.05) is 0 Å². The molecule has 5 nitrogen and oxygen atoms in total. The summed E-state index contributed by atoms with van der Waals surface area (Å²) in [7, 11) is 0. The summed E-state index contributed by atoms with van der Waals surface area (Å²) in [4.78, 5) is 24.6. The molecule has 1 atom stereocenters. The van der Waals surface area contributed by atoms with E-state index in [2.05, 4.69) is 148 Å². The highest BCUT2D eigenvalue weighted by Gasteiger charge is 2.16. The molecular weight excluding hydrogens is 909 g/mol. The minimum atomic E-state index is -0.792. The Balaban J connectivity index is 3.53. The fourth-order valence-electron chi connectivity index (χ4n) is 8.41. The van der Waals surface area contributed by atoms with Crippen molar-refractivity contribution in [1.82, 2.24) is 0 Å². The lowest BCUT2D eigenvalue weighted by atomic mass is 10.0. The van der Waals surface area contributed by atoms with Gasteiger partial charge in [-0.05, 0) is 109 Å². The molecule has 0 radical (unpaired) electrons. The Hall–Kier alpha value is -3.96. The summed E-state index contributed by atoms with van der Waals surface area (Å²) < 4.78 is 10.7. The van der Waals surface area contributed by atoms with Gasteiger partial charge in [-0.3, -0.25) is 9.59 Å². The molecule has 0 aromatic rings. The zero-order valence-electron chi connectivity index (χ0n) is 48.1. The van der Waals surface area contributed by atoms with Crippen molar-refractivity contribution in [3.05, 3.63) is 134 Å². The lowest BCUT2D eigenvalue weighted by Crippen LogP contribution is -2.28. The number of carbonyl (C=O) groups is 2. The molecular formula is C69H114O5. The highest BCUT2D eigenvalue weighted by molar-refractivity contribution is 5.70. The Morgan fingerprint density at radius 3 is 0.811 bits per heavy atom. The largest absolute Gasteiger partial charge is 0.462 e. The van der Waals surface area contributed by atoms with Crippen molar-refractivity contribution in [2.75, 3.05) is 13.2 Å². The first-order chi connectivity index (χ1) is 36.6. The SMILES string of the molecule is CC/C=C\C/C=C\C/C=C\C/C=C\C/C=C\C/C=C\C/C=C\CCCCCCCC(=O)OC(CO)COC(=O)CCCCCCCCCCCCCCCCCCCCCC/C=C\C/C=C\C/C=C\C/C=C\CC. The summed E-state index contributed by atoms with van der Waals surface area (Å²) in [5.74, 6) is -0.613. The van der Waals surface area contributed by atoms with Crippen molar-refractivity contribution in [2.24, 2.45) is 0 Å². The number of hydrogen-bond donors (Lipinski definition) is 1. The summed E-state index contributed by atoms with van der Waals surface area (Å²) >= 11 is 0. The van der Waals surface area contributed by atoms with Gasteiger partial charge in [0.25, 0.3) is 0 Å². The molecule has 0 rings (SSSR count). The molecule has 0 bridgehead atoms. The monoisotopic (exact) mass is 1020 g/mol. The molecule has 0 aliphatic heterocycles. The van der Waals surface area contributed by atoms with Crippen LogP contribution in [0, 0.1) is 0 Å². The van der Waals surface area contributed by atoms with Crippen LogP contribution in [0.5, 0.6) is 0 Å². The standard InChI is InChI=1S/C69H114O5/c1-3-5-7-9-11-13-15-17-19-21-23-25-27-29-31-32-33-34-35-36-38-39-41-43-45-47-49-51-53-55-57-59-61-63-68(71)73-66-67(65-70)74-69(72)64-62-60-58-56-54-52-50-48-46-44-42-40-37-30-28-26-24-22-20-18-16-14-12-10-8-6-4-2/h5-8,11-14,17-20,23-26,30,37,42,44,48,50,67,70H,3-4,9-10,15-16,21-22,27-29,31-36,38-41,43,45-47,49,51-66H2,1-2H3/b7-5-,8-6-,13-11-,14-12-,19-17-,20-18-,25-23-,26-24-,37-30-,44-42-,50-48-. The van der Waals surface area contributed by atoms with Gasteiger partial charge >= 0.3 is 11.9 Å². The average Bonchev–Trinajstić information content (AvgIpc) is 3.40. The van der Waals surface area contributed by atoms with Crippen LogP contribution in [-0.2, 0) is 19.1 Å². The first-order valence-corrected chi connectivity index (χ1v) is 30.7. The summed E-state index contributed by atoms with van der Waals surface area (Å²) in [5.41, 5.74) is 0. The molecule has 0 aromatic carbocycles. The van der Waals surface area contributed by atoms with Crippen molar-refractivity contribution in [1.29, 1.82) is 0 Å². The van der Waals surface area contributed by atoms with E-state index in [1.165, 1.54) is 116 Å². The van der Waals surface area contributed by atoms with E-state index in [0.717, 1.165) is 128 Å². The maximum absolute atomic E-state index is 12.3. The minimum Gasteiger partial charge on any atom is -0.462 e. The van der Waals surface area contributed by atoms with Gasteiger partial charge in [0.15, 0.2) is 6.10 Å². The molecule has 0 saturated heterocycles. The van der Waals surface area contributed by atoms with Gasteiger partial charge in [0.1, 0.15) is 6.61 Å². The van der Waals surface area contributed by atoms with E-state index in [1.54, 1.807) is 0 Å². The average molecular weight is 1020 g/mol.